The number of carbonyl (C=O) groups is 2. The smallest absolute Gasteiger partial charge is 0.343 e. The number of rotatable bonds is 3. The van der Waals surface area contributed by atoms with Gasteiger partial charge in [0.1, 0.15) is 30.5 Å². The molecule has 6 nitrogen and oxygen atoms in total. The number of hydrogen-bond donors (Lipinski definition) is 0. The number of carbonyl (C=O) groups excluding carboxylic acids is 2. The molecule has 4 aromatic rings. The van der Waals surface area contributed by atoms with Gasteiger partial charge in [0.05, 0.1) is 23.7 Å². The van der Waals surface area contributed by atoms with Gasteiger partial charge < -0.3 is 18.9 Å². The number of esters is 2. The van der Waals surface area contributed by atoms with Crippen molar-refractivity contribution in [2.45, 2.75) is 26.2 Å². The molecule has 37 heavy (non-hydrogen) atoms. The molecule has 0 bridgehead atoms. The lowest BCUT2D eigenvalue weighted by atomic mass is 9.77. The van der Waals surface area contributed by atoms with Crippen LogP contribution in [0.2, 0.25) is 0 Å². The second kappa shape index (κ2) is 8.37. The molecule has 2 heterocycles. The highest BCUT2D eigenvalue weighted by Crippen LogP contribution is 2.52. The molecule has 0 radical (unpaired) electrons. The van der Waals surface area contributed by atoms with Gasteiger partial charge in [-0.3, -0.25) is 0 Å². The van der Waals surface area contributed by atoms with E-state index in [1.165, 1.54) is 18.2 Å². The second-order valence-electron chi connectivity index (χ2n) is 9.86. The van der Waals surface area contributed by atoms with Gasteiger partial charge in [-0.2, -0.15) is 0 Å². The Bertz CT molecular complexity index is 1610. The van der Waals surface area contributed by atoms with Crippen LogP contribution in [-0.2, 0) is 10.2 Å². The second-order valence-corrected chi connectivity index (χ2v) is 9.86. The van der Waals surface area contributed by atoms with Gasteiger partial charge in [0.15, 0.2) is 0 Å². The first-order chi connectivity index (χ1) is 17.8. The fourth-order valence-electron chi connectivity index (χ4n) is 5.22. The van der Waals surface area contributed by atoms with Crippen LogP contribution in [0.3, 0.4) is 0 Å². The Labute approximate surface area is 214 Å². The summed E-state index contributed by atoms with van der Waals surface area (Å²) in [5.41, 5.74) is 5.72. The van der Waals surface area contributed by atoms with Crippen LogP contribution in [0, 0.1) is 20.8 Å². The van der Waals surface area contributed by atoms with Crippen LogP contribution in [0.1, 0.15) is 48.5 Å². The number of fused-ring (bicyclic) bond motifs is 5. The minimum atomic E-state index is -0.454. The normalized spacial score (nSPS) is 17.2. The molecule has 0 fully saturated rings. The van der Waals surface area contributed by atoms with Crippen LogP contribution >= 0.6 is 0 Å². The summed E-state index contributed by atoms with van der Waals surface area (Å²) in [7, 11) is 1.35. The minimum Gasteiger partial charge on any atom is -0.492 e. The highest BCUT2D eigenvalue weighted by Gasteiger charge is 2.49. The lowest BCUT2D eigenvalue weighted by Crippen LogP contribution is -2.31. The summed E-state index contributed by atoms with van der Waals surface area (Å²) in [6.07, 6.45) is 0. The van der Waals surface area contributed by atoms with Crippen molar-refractivity contribution in [3.05, 3.63) is 99.6 Å². The molecule has 1 atom stereocenters. The van der Waals surface area contributed by atoms with E-state index in [9.17, 15) is 9.59 Å². The Morgan fingerprint density at radius 3 is 1.86 bits per heavy atom. The number of aryl methyl sites for hydroxylation is 3. The molecule has 1 spiro atoms. The van der Waals surface area contributed by atoms with Crippen molar-refractivity contribution in [3.63, 3.8) is 0 Å². The van der Waals surface area contributed by atoms with E-state index < -0.39 is 17.4 Å². The maximum absolute atomic E-state index is 13.2. The van der Waals surface area contributed by atoms with Crippen LogP contribution in [0.25, 0.3) is 10.8 Å². The van der Waals surface area contributed by atoms with Crippen molar-refractivity contribution < 1.29 is 28.5 Å². The summed E-state index contributed by atoms with van der Waals surface area (Å²) in [5.74, 6) is 1.31. The molecule has 186 valence electrons. The number of benzene rings is 4. The van der Waals surface area contributed by atoms with E-state index in [0.29, 0.717) is 30.1 Å². The first-order valence-corrected chi connectivity index (χ1v) is 12.2. The molecule has 2 aliphatic heterocycles. The first-order valence-electron chi connectivity index (χ1n) is 12.2. The van der Waals surface area contributed by atoms with Crippen molar-refractivity contribution in [2.75, 3.05) is 20.3 Å². The van der Waals surface area contributed by atoms with E-state index in [2.05, 4.69) is 26.0 Å². The zero-order chi connectivity index (χ0) is 25.9. The topological polar surface area (TPSA) is 71.1 Å². The quantitative estimate of drug-likeness (QED) is 0.263. The molecule has 4 aromatic carbocycles. The van der Waals surface area contributed by atoms with Crippen molar-refractivity contribution in [2.24, 2.45) is 0 Å². The molecular formula is C31H26O6. The molecule has 0 amide bonds. The van der Waals surface area contributed by atoms with Crippen molar-refractivity contribution in [3.8, 4) is 17.2 Å². The summed E-state index contributed by atoms with van der Waals surface area (Å²) in [6, 6.07) is 18.6. The Morgan fingerprint density at radius 2 is 1.24 bits per heavy atom. The Hall–Kier alpha value is -4.32. The average molecular weight is 495 g/mol. The third-order valence-corrected chi connectivity index (χ3v) is 7.55. The van der Waals surface area contributed by atoms with Crippen molar-refractivity contribution in [1.82, 2.24) is 0 Å². The van der Waals surface area contributed by atoms with Crippen molar-refractivity contribution >= 4 is 22.7 Å². The molecule has 0 aliphatic carbocycles. The molecule has 0 saturated heterocycles. The zero-order valence-corrected chi connectivity index (χ0v) is 21.1. The SMILES string of the molecule is COC(=O)c1ccc2cc(C(=O)Oc3cc4c(cc3C)OCC43COc4cc(C)c(C)cc43)ccc2c1. The Morgan fingerprint density at radius 1 is 0.703 bits per heavy atom. The minimum absolute atomic E-state index is 0.403. The van der Waals surface area contributed by atoms with Crippen LogP contribution in [0.4, 0.5) is 0 Å². The van der Waals surface area contributed by atoms with Gasteiger partial charge in [-0.05, 0) is 90.7 Å². The largest absolute Gasteiger partial charge is 0.492 e. The third kappa shape index (κ3) is 3.63. The maximum atomic E-state index is 13.2. The third-order valence-electron chi connectivity index (χ3n) is 7.55. The standard InChI is InChI=1S/C31H26O6/c1-17-9-24-27(10-18(17)2)35-15-31(24)16-36-28-11-19(3)26(14-25(28)31)37-30(33)23-8-6-20-12-22(29(32)34-4)7-5-21(20)13-23/h5-14H,15-16H2,1-4H3. The van der Waals surface area contributed by atoms with Crippen LogP contribution < -0.4 is 14.2 Å². The Balaban J connectivity index is 1.33. The van der Waals surface area contributed by atoms with Gasteiger partial charge >= 0.3 is 11.9 Å². The monoisotopic (exact) mass is 494 g/mol. The highest BCUT2D eigenvalue weighted by molar-refractivity contribution is 5.99. The zero-order valence-electron chi connectivity index (χ0n) is 21.1. The fourth-order valence-corrected chi connectivity index (χ4v) is 5.22. The molecule has 0 N–H and O–H groups in total. The number of ether oxygens (including phenoxy) is 4. The molecule has 6 heteroatoms. The molecule has 6 rings (SSSR count). The van der Waals surface area contributed by atoms with E-state index >= 15 is 0 Å². The molecular weight excluding hydrogens is 468 g/mol. The van der Waals surface area contributed by atoms with E-state index in [1.54, 1.807) is 36.4 Å². The summed E-state index contributed by atoms with van der Waals surface area (Å²) < 4.78 is 22.9. The summed E-state index contributed by atoms with van der Waals surface area (Å²) in [5, 5.41) is 1.66. The maximum Gasteiger partial charge on any atom is 0.343 e. The summed E-state index contributed by atoms with van der Waals surface area (Å²) in [6.45, 7) is 7.04. The van der Waals surface area contributed by atoms with E-state index in [1.807, 2.05) is 19.1 Å². The van der Waals surface area contributed by atoms with Gasteiger partial charge in [0.25, 0.3) is 0 Å². The van der Waals surface area contributed by atoms with Crippen LogP contribution in [-0.4, -0.2) is 32.3 Å². The molecule has 0 saturated carbocycles. The lowest BCUT2D eigenvalue weighted by molar-refractivity contribution is 0.0600. The first kappa shape index (κ1) is 23.1. The average Bonchev–Trinajstić information content (AvgIpc) is 3.43. The van der Waals surface area contributed by atoms with Gasteiger partial charge in [0.2, 0.25) is 0 Å². The fraction of sp³-hybridized carbons (Fsp3) is 0.226. The lowest BCUT2D eigenvalue weighted by Gasteiger charge is -2.22. The summed E-state index contributed by atoms with van der Waals surface area (Å²) in [4.78, 5) is 25.0. The predicted molar refractivity (Wildman–Crippen MR) is 139 cm³/mol. The van der Waals surface area contributed by atoms with Gasteiger partial charge in [-0.25, -0.2) is 9.59 Å². The van der Waals surface area contributed by atoms with E-state index in [-0.39, 0.29) is 0 Å². The number of methoxy groups -OCH3 is 1. The molecule has 1 unspecified atom stereocenters. The van der Waals surface area contributed by atoms with Gasteiger partial charge in [0, 0.05) is 11.1 Å². The molecule has 0 aromatic heterocycles. The molecule has 2 aliphatic rings. The summed E-state index contributed by atoms with van der Waals surface area (Å²) >= 11 is 0. The Kier molecular flexibility index (Phi) is 5.23. The van der Waals surface area contributed by atoms with E-state index in [4.69, 9.17) is 18.9 Å². The van der Waals surface area contributed by atoms with E-state index in [0.717, 1.165) is 39.0 Å². The van der Waals surface area contributed by atoms with Gasteiger partial charge in [-0.15, -0.1) is 0 Å². The van der Waals surface area contributed by atoms with Crippen molar-refractivity contribution in [1.29, 1.82) is 0 Å². The van der Waals surface area contributed by atoms with Gasteiger partial charge in [-0.1, -0.05) is 18.2 Å². The van der Waals surface area contributed by atoms with Crippen LogP contribution in [0.5, 0.6) is 17.2 Å². The highest BCUT2D eigenvalue weighted by atomic mass is 16.5. The van der Waals surface area contributed by atoms with Crippen LogP contribution in [0.15, 0.2) is 60.7 Å². The number of hydrogen-bond acceptors (Lipinski definition) is 6. The predicted octanol–water partition coefficient (Wildman–Crippen LogP) is 5.84.